The van der Waals surface area contributed by atoms with Crippen LogP contribution in [0.15, 0.2) is 60.7 Å². The average molecular weight is 373 g/mol. The zero-order valence-electron chi connectivity index (χ0n) is 18.2. The van der Waals surface area contributed by atoms with Crippen molar-refractivity contribution in [3.05, 3.63) is 99.6 Å². The van der Waals surface area contributed by atoms with Gasteiger partial charge in [0.05, 0.1) is 0 Å². The van der Waals surface area contributed by atoms with Crippen molar-refractivity contribution in [1.82, 2.24) is 0 Å². The average Bonchev–Trinajstić information content (AvgIpc) is 2.63. The molecule has 0 fully saturated rings. The van der Waals surface area contributed by atoms with Gasteiger partial charge in [-0.25, -0.2) is 0 Å². The number of phenols is 1. The third-order valence-corrected chi connectivity index (χ3v) is 6.37. The Morgan fingerprint density at radius 3 is 1.54 bits per heavy atom. The van der Waals surface area contributed by atoms with Crippen molar-refractivity contribution in [2.24, 2.45) is 0 Å². The van der Waals surface area contributed by atoms with Crippen molar-refractivity contribution in [1.29, 1.82) is 0 Å². The number of aryl methyl sites for hydroxylation is 2. The van der Waals surface area contributed by atoms with E-state index < -0.39 is 0 Å². The fourth-order valence-corrected chi connectivity index (χ4v) is 4.85. The van der Waals surface area contributed by atoms with Gasteiger partial charge in [-0.1, -0.05) is 82.3 Å². The van der Waals surface area contributed by atoms with Crippen molar-refractivity contribution in [3.8, 4) is 5.75 Å². The lowest BCUT2D eigenvalue weighted by Crippen LogP contribution is -2.30. The number of rotatable bonds is 4. The predicted molar refractivity (Wildman–Crippen MR) is 119 cm³/mol. The summed E-state index contributed by atoms with van der Waals surface area (Å²) in [6, 6.07) is 21.1. The molecule has 0 unspecified atom stereocenters. The summed E-state index contributed by atoms with van der Waals surface area (Å²) in [6.45, 7) is 15.5. The molecule has 0 saturated heterocycles. The van der Waals surface area contributed by atoms with Crippen LogP contribution in [0, 0.1) is 20.8 Å². The van der Waals surface area contributed by atoms with Gasteiger partial charge in [0.1, 0.15) is 5.75 Å². The van der Waals surface area contributed by atoms with Crippen LogP contribution in [-0.2, 0) is 10.8 Å². The lowest BCUT2D eigenvalue weighted by molar-refractivity contribution is 0.464. The molecule has 3 aromatic carbocycles. The van der Waals surface area contributed by atoms with Gasteiger partial charge >= 0.3 is 0 Å². The molecule has 3 aromatic rings. The highest BCUT2D eigenvalue weighted by molar-refractivity contribution is 5.57. The highest BCUT2D eigenvalue weighted by atomic mass is 16.3. The Morgan fingerprint density at radius 1 is 0.571 bits per heavy atom. The third kappa shape index (κ3) is 3.24. The van der Waals surface area contributed by atoms with Gasteiger partial charge in [-0.05, 0) is 65.8 Å². The van der Waals surface area contributed by atoms with E-state index in [1.807, 2.05) is 13.0 Å². The van der Waals surface area contributed by atoms with E-state index >= 15 is 0 Å². The molecule has 0 bridgehead atoms. The van der Waals surface area contributed by atoms with Gasteiger partial charge in [0, 0.05) is 10.8 Å². The minimum Gasteiger partial charge on any atom is -0.508 e. The van der Waals surface area contributed by atoms with Crippen LogP contribution in [0.5, 0.6) is 5.75 Å². The molecule has 0 amide bonds. The first kappa shape index (κ1) is 20.2. The molecule has 0 aliphatic rings. The first-order valence-corrected chi connectivity index (χ1v) is 10.0. The van der Waals surface area contributed by atoms with Crippen molar-refractivity contribution in [2.45, 2.75) is 59.3 Å². The number of hydrogen-bond acceptors (Lipinski definition) is 1. The van der Waals surface area contributed by atoms with E-state index in [-0.39, 0.29) is 10.8 Å². The minimum absolute atomic E-state index is 0.181. The highest BCUT2D eigenvalue weighted by Gasteiger charge is 2.36. The second kappa shape index (κ2) is 7.13. The monoisotopic (exact) mass is 372 g/mol. The number of phenolic OH excluding ortho intramolecular Hbond substituents is 1. The molecule has 0 aliphatic carbocycles. The van der Waals surface area contributed by atoms with Gasteiger partial charge in [-0.2, -0.15) is 0 Å². The standard InChI is InChI=1S/C27H32O/c1-18-12-8-10-14-21(18)26(4,5)23-16-17-24(28)20(3)25(23)27(6,7)22-15-11-9-13-19(22)2/h8-17,28H,1-7H3. The second-order valence-corrected chi connectivity index (χ2v) is 9.01. The van der Waals surface area contributed by atoms with E-state index in [2.05, 4.69) is 96.1 Å². The van der Waals surface area contributed by atoms with E-state index in [0.29, 0.717) is 5.75 Å². The summed E-state index contributed by atoms with van der Waals surface area (Å²) in [4.78, 5) is 0. The molecule has 0 atom stereocenters. The third-order valence-electron chi connectivity index (χ3n) is 6.37. The predicted octanol–water partition coefficient (Wildman–Crippen LogP) is 6.97. The second-order valence-electron chi connectivity index (χ2n) is 9.01. The number of aromatic hydroxyl groups is 1. The van der Waals surface area contributed by atoms with Crippen molar-refractivity contribution >= 4 is 0 Å². The quantitative estimate of drug-likeness (QED) is 0.524. The van der Waals surface area contributed by atoms with Gasteiger partial charge in [0.25, 0.3) is 0 Å². The first-order valence-electron chi connectivity index (χ1n) is 10.0. The van der Waals surface area contributed by atoms with Gasteiger partial charge in [0.2, 0.25) is 0 Å². The van der Waals surface area contributed by atoms with E-state index in [1.165, 1.54) is 33.4 Å². The molecule has 0 aromatic heterocycles. The van der Waals surface area contributed by atoms with Crippen LogP contribution < -0.4 is 0 Å². The molecular formula is C27H32O. The Bertz CT molecular complexity index is 1010. The summed E-state index contributed by atoms with van der Waals surface area (Å²) in [5.41, 5.74) is 8.22. The Hall–Kier alpha value is -2.54. The maximum atomic E-state index is 10.6. The molecule has 1 N–H and O–H groups in total. The molecule has 1 nitrogen and oxygen atoms in total. The van der Waals surface area contributed by atoms with Crippen molar-refractivity contribution in [3.63, 3.8) is 0 Å². The normalized spacial score (nSPS) is 12.2. The Balaban J connectivity index is 2.33. The maximum absolute atomic E-state index is 10.6. The van der Waals surface area contributed by atoms with Crippen molar-refractivity contribution in [2.75, 3.05) is 0 Å². The van der Waals surface area contributed by atoms with Crippen LogP contribution in [-0.4, -0.2) is 5.11 Å². The molecule has 0 aliphatic heterocycles. The molecule has 0 spiro atoms. The topological polar surface area (TPSA) is 20.2 Å². The first-order chi connectivity index (χ1) is 13.1. The van der Waals surface area contributed by atoms with Crippen LogP contribution in [0.2, 0.25) is 0 Å². The van der Waals surface area contributed by atoms with Gasteiger partial charge in [-0.15, -0.1) is 0 Å². The highest BCUT2D eigenvalue weighted by Crippen LogP contribution is 2.45. The smallest absolute Gasteiger partial charge is 0.118 e. The van der Waals surface area contributed by atoms with E-state index in [1.54, 1.807) is 0 Å². The molecule has 0 radical (unpaired) electrons. The van der Waals surface area contributed by atoms with Crippen LogP contribution >= 0.6 is 0 Å². The lowest BCUT2D eigenvalue weighted by atomic mass is 9.66. The Labute approximate surface area is 170 Å². The van der Waals surface area contributed by atoms with Gasteiger partial charge < -0.3 is 5.11 Å². The van der Waals surface area contributed by atoms with E-state index in [4.69, 9.17) is 0 Å². The van der Waals surface area contributed by atoms with Crippen LogP contribution in [0.1, 0.15) is 66.6 Å². The largest absolute Gasteiger partial charge is 0.508 e. The Kier molecular flexibility index (Phi) is 5.14. The fraction of sp³-hybridized carbons (Fsp3) is 0.333. The number of hydrogen-bond donors (Lipinski definition) is 1. The fourth-order valence-electron chi connectivity index (χ4n) is 4.85. The molecule has 0 heterocycles. The Morgan fingerprint density at radius 2 is 1.04 bits per heavy atom. The summed E-state index contributed by atoms with van der Waals surface area (Å²) in [6.07, 6.45) is 0. The lowest BCUT2D eigenvalue weighted by Gasteiger charge is -2.38. The van der Waals surface area contributed by atoms with Crippen molar-refractivity contribution < 1.29 is 5.11 Å². The summed E-state index contributed by atoms with van der Waals surface area (Å²) in [5, 5.41) is 10.6. The van der Waals surface area contributed by atoms with Gasteiger partial charge in [0.15, 0.2) is 0 Å². The molecule has 3 rings (SSSR count). The zero-order chi connectivity index (χ0) is 20.7. The van der Waals surface area contributed by atoms with E-state index in [0.717, 1.165) is 5.56 Å². The summed E-state index contributed by atoms with van der Waals surface area (Å²) >= 11 is 0. The molecule has 146 valence electrons. The summed E-state index contributed by atoms with van der Waals surface area (Å²) in [7, 11) is 0. The molecule has 28 heavy (non-hydrogen) atoms. The zero-order valence-corrected chi connectivity index (χ0v) is 18.2. The van der Waals surface area contributed by atoms with Crippen LogP contribution in [0.4, 0.5) is 0 Å². The maximum Gasteiger partial charge on any atom is 0.118 e. The van der Waals surface area contributed by atoms with E-state index in [9.17, 15) is 5.11 Å². The SMILES string of the molecule is Cc1ccccc1C(C)(C)c1ccc(O)c(C)c1C(C)(C)c1ccccc1C. The minimum atomic E-state index is -0.233. The molecule has 0 saturated carbocycles. The summed E-state index contributed by atoms with van der Waals surface area (Å²) < 4.78 is 0. The van der Waals surface area contributed by atoms with Crippen LogP contribution in [0.25, 0.3) is 0 Å². The summed E-state index contributed by atoms with van der Waals surface area (Å²) in [5.74, 6) is 0.362. The molecule has 1 heteroatoms. The molecular weight excluding hydrogens is 340 g/mol. The number of benzene rings is 3. The van der Waals surface area contributed by atoms with Crippen LogP contribution in [0.3, 0.4) is 0 Å². The van der Waals surface area contributed by atoms with Gasteiger partial charge in [-0.3, -0.25) is 0 Å².